The van der Waals surface area contributed by atoms with E-state index in [1.165, 1.54) is 19.3 Å². The zero-order valence-electron chi connectivity index (χ0n) is 17.5. The van der Waals surface area contributed by atoms with Crippen LogP contribution in [0.3, 0.4) is 0 Å². The number of nitrogens with two attached hydrogens (primary N) is 1. The summed E-state index contributed by atoms with van der Waals surface area (Å²) in [4.78, 5) is 17.1. The molecule has 0 bridgehead atoms. The van der Waals surface area contributed by atoms with Crippen molar-refractivity contribution in [1.82, 2.24) is 20.1 Å². The lowest BCUT2D eigenvalue weighted by Crippen LogP contribution is -2.38. The predicted molar refractivity (Wildman–Crippen MR) is 110 cm³/mol. The molecule has 8 nitrogen and oxygen atoms in total. The van der Waals surface area contributed by atoms with Crippen molar-refractivity contribution in [2.45, 2.75) is 64.1 Å². The molecule has 0 unspecified atom stereocenters. The maximum Gasteiger partial charge on any atom is 0.242 e. The van der Waals surface area contributed by atoms with Crippen LogP contribution in [0.1, 0.15) is 62.3 Å². The molecule has 1 fully saturated rings. The number of carbonyl (C=O) groups is 1. The first kappa shape index (κ1) is 21.1. The van der Waals surface area contributed by atoms with Crippen LogP contribution in [-0.2, 0) is 17.8 Å². The predicted octanol–water partition coefficient (Wildman–Crippen LogP) is 2.35. The number of carbonyl (C=O) groups excluding carboxylic acids is 1. The van der Waals surface area contributed by atoms with Gasteiger partial charge in [-0.2, -0.15) is 5.10 Å². The van der Waals surface area contributed by atoms with Gasteiger partial charge in [0.15, 0.2) is 17.3 Å². The number of nitrogens with zero attached hydrogens (tertiary/aromatic N) is 3. The van der Waals surface area contributed by atoms with Gasteiger partial charge in [0.25, 0.3) is 0 Å². The lowest BCUT2D eigenvalue weighted by molar-refractivity contribution is -0.122. The lowest BCUT2D eigenvalue weighted by Gasteiger charge is -2.22. The minimum atomic E-state index is -0.316. The Morgan fingerprint density at radius 3 is 2.62 bits per heavy atom. The van der Waals surface area contributed by atoms with Crippen LogP contribution in [0.5, 0.6) is 11.5 Å². The van der Waals surface area contributed by atoms with E-state index in [1.54, 1.807) is 18.9 Å². The summed E-state index contributed by atoms with van der Waals surface area (Å²) < 4.78 is 12.3. The van der Waals surface area contributed by atoms with Crippen molar-refractivity contribution in [3.05, 3.63) is 35.4 Å². The minimum absolute atomic E-state index is 0.0404. The van der Waals surface area contributed by atoms with E-state index in [4.69, 9.17) is 15.2 Å². The summed E-state index contributed by atoms with van der Waals surface area (Å²) in [5.74, 6) is 2.52. The maximum atomic E-state index is 12.5. The third-order valence-electron chi connectivity index (χ3n) is 5.23. The van der Waals surface area contributed by atoms with Crippen molar-refractivity contribution in [3.63, 3.8) is 0 Å². The molecule has 3 rings (SSSR count). The highest BCUT2D eigenvalue weighted by Crippen LogP contribution is 2.28. The molecule has 2 aromatic rings. The van der Waals surface area contributed by atoms with Gasteiger partial charge >= 0.3 is 0 Å². The van der Waals surface area contributed by atoms with Gasteiger partial charge in [-0.25, -0.2) is 9.67 Å². The lowest BCUT2D eigenvalue weighted by atomic mass is 9.95. The average Bonchev–Trinajstić information content (AvgIpc) is 3.10. The van der Waals surface area contributed by atoms with Gasteiger partial charge in [-0.3, -0.25) is 4.79 Å². The Labute approximate surface area is 171 Å². The molecular weight excluding hydrogens is 370 g/mol. The van der Waals surface area contributed by atoms with E-state index in [0.29, 0.717) is 29.6 Å². The Hall–Kier alpha value is -2.61. The zero-order valence-corrected chi connectivity index (χ0v) is 17.5. The number of methoxy groups -OCH3 is 2. The van der Waals surface area contributed by atoms with Crippen LogP contribution in [-0.4, -0.2) is 40.9 Å². The van der Waals surface area contributed by atoms with Gasteiger partial charge in [-0.1, -0.05) is 25.3 Å². The molecule has 8 heteroatoms. The Morgan fingerprint density at radius 2 is 1.97 bits per heavy atom. The smallest absolute Gasteiger partial charge is 0.242 e. The molecular formula is C21H31N5O3. The van der Waals surface area contributed by atoms with E-state index in [9.17, 15) is 4.79 Å². The van der Waals surface area contributed by atoms with Crippen LogP contribution in [0.2, 0.25) is 0 Å². The van der Waals surface area contributed by atoms with E-state index >= 15 is 0 Å². The van der Waals surface area contributed by atoms with Crippen molar-refractivity contribution in [3.8, 4) is 11.5 Å². The van der Waals surface area contributed by atoms with E-state index in [1.807, 2.05) is 25.1 Å². The molecule has 1 aromatic heterocycles. The van der Waals surface area contributed by atoms with Crippen LogP contribution in [0.4, 0.5) is 0 Å². The van der Waals surface area contributed by atoms with Crippen LogP contribution >= 0.6 is 0 Å². The van der Waals surface area contributed by atoms with Gasteiger partial charge in [0.1, 0.15) is 12.4 Å². The second kappa shape index (κ2) is 9.73. The van der Waals surface area contributed by atoms with Crippen LogP contribution in [0.25, 0.3) is 0 Å². The summed E-state index contributed by atoms with van der Waals surface area (Å²) in [7, 11) is 3.21. The molecule has 1 saturated carbocycles. The minimum Gasteiger partial charge on any atom is -0.493 e. The first-order valence-electron chi connectivity index (χ1n) is 10.2. The van der Waals surface area contributed by atoms with E-state index in [0.717, 1.165) is 18.4 Å². The molecule has 1 aromatic carbocycles. The highest BCUT2D eigenvalue weighted by Gasteiger charge is 2.20. The Bertz CT molecular complexity index is 828. The molecule has 0 aliphatic heterocycles. The van der Waals surface area contributed by atoms with Crippen LogP contribution in [0, 0.1) is 0 Å². The molecule has 1 aliphatic carbocycles. The number of benzene rings is 1. The highest BCUT2D eigenvalue weighted by molar-refractivity contribution is 5.76. The number of nitrogens with one attached hydrogen (secondary N) is 1. The molecule has 158 valence electrons. The fourth-order valence-electron chi connectivity index (χ4n) is 3.76. The zero-order chi connectivity index (χ0) is 20.8. The molecule has 1 heterocycles. The molecule has 29 heavy (non-hydrogen) atoms. The van der Waals surface area contributed by atoms with Gasteiger partial charge in [-0.05, 0) is 37.5 Å². The second-order valence-corrected chi connectivity index (χ2v) is 7.60. The molecule has 1 aliphatic rings. The summed E-state index contributed by atoms with van der Waals surface area (Å²) in [5.41, 5.74) is 7.06. The second-order valence-electron chi connectivity index (χ2n) is 7.60. The van der Waals surface area contributed by atoms with Crippen molar-refractivity contribution >= 4 is 5.91 Å². The van der Waals surface area contributed by atoms with Crippen molar-refractivity contribution in [2.24, 2.45) is 5.73 Å². The monoisotopic (exact) mass is 401 g/mol. The SMILES string of the molecule is COc1ccc(Cc2nc([C@@H](C)N)n(CC(=O)NC3CCCCC3)n2)cc1OC. The summed E-state index contributed by atoms with van der Waals surface area (Å²) >= 11 is 0. The normalized spacial score (nSPS) is 15.7. The number of ether oxygens (including phenoxy) is 2. The number of aromatic nitrogens is 3. The number of hydrogen-bond donors (Lipinski definition) is 2. The van der Waals surface area contributed by atoms with Gasteiger partial charge in [0.05, 0.1) is 20.3 Å². The first-order valence-corrected chi connectivity index (χ1v) is 10.2. The number of amides is 1. The summed E-state index contributed by atoms with van der Waals surface area (Å²) in [6, 6.07) is 5.66. The van der Waals surface area contributed by atoms with E-state index in [2.05, 4.69) is 15.4 Å². The summed E-state index contributed by atoms with van der Waals surface area (Å²) in [6.45, 7) is 1.98. The fraction of sp³-hybridized carbons (Fsp3) is 0.571. The van der Waals surface area contributed by atoms with Crippen LogP contribution in [0.15, 0.2) is 18.2 Å². The highest BCUT2D eigenvalue weighted by atomic mass is 16.5. The summed E-state index contributed by atoms with van der Waals surface area (Å²) in [5, 5.41) is 7.67. The number of hydrogen-bond acceptors (Lipinski definition) is 6. The molecule has 0 spiro atoms. The number of rotatable bonds is 8. The largest absolute Gasteiger partial charge is 0.493 e. The quantitative estimate of drug-likeness (QED) is 0.704. The van der Waals surface area contributed by atoms with Gasteiger partial charge in [-0.15, -0.1) is 0 Å². The van der Waals surface area contributed by atoms with E-state index < -0.39 is 0 Å². The van der Waals surface area contributed by atoms with Gasteiger partial charge in [0.2, 0.25) is 5.91 Å². The fourth-order valence-corrected chi connectivity index (χ4v) is 3.76. The average molecular weight is 402 g/mol. The standard InChI is InChI=1S/C21H31N5O3/c1-14(22)21-24-19(12-15-9-10-17(28-2)18(11-15)29-3)25-26(21)13-20(27)23-16-7-5-4-6-8-16/h9-11,14,16H,4-8,12-13,22H2,1-3H3,(H,23,27)/t14-/m1/s1. The Balaban J connectivity index is 1.71. The Kier molecular flexibility index (Phi) is 7.09. The molecule has 3 N–H and O–H groups in total. The van der Waals surface area contributed by atoms with Crippen molar-refractivity contribution in [2.75, 3.05) is 14.2 Å². The molecule has 1 atom stereocenters. The van der Waals surface area contributed by atoms with Crippen LogP contribution < -0.4 is 20.5 Å². The molecule has 0 radical (unpaired) electrons. The summed E-state index contributed by atoms with van der Waals surface area (Å²) in [6.07, 6.45) is 6.21. The van der Waals surface area contributed by atoms with Gasteiger partial charge < -0.3 is 20.5 Å². The first-order chi connectivity index (χ1) is 14.0. The van der Waals surface area contributed by atoms with Crippen molar-refractivity contribution < 1.29 is 14.3 Å². The van der Waals surface area contributed by atoms with Crippen molar-refractivity contribution in [1.29, 1.82) is 0 Å². The third kappa shape index (κ3) is 5.47. The molecule has 1 amide bonds. The molecule has 0 saturated heterocycles. The Morgan fingerprint density at radius 1 is 1.24 bits per heavy atom. The van der Waals surface area contributed by atoms with E-state index in [-0.39, 0.29) is 24.5 Å². The maximum absolute atomic E-state index is 12.5. The topological polar surface area (TPSA) is 104 Å². The third-order valence-corrected chi connectivity index (χ3v) is 5.23. The van der Waals surface area contributed by atoms with Gasteiger partial charge in [0, 0.05) is 12.5 Å².